The first-order valence-electron chi connectivity index (χ1n) is 9.55. The summed E-state index contributed by atoms with van der Waals surface area (Å²) >= 11 is 0. The molecule has 2 aromatic carbocycles. The molecule has 0 bridgehead atoms. The third-order valence-corrected chi connectivity index (χ3v) is 5.28. The van der Waals surface area contributed by atoms with E-state index in [1.54, 1.807) is 19.3 Å². The Bertz CT molecular complexity index is 1370. The molecular weight excluding hydrogens is 411 g/mol. The molecule has 0 unspecified atom stereocenters. The maximum Gasteiger partial charge on any atom is 0.418 e. The topological polar surface area (TPSA) is 72.5 Å². The van der Waals surface area contributed by atoms with Crippen LogP contribution in [0.5, 0.6) is 0 Å². The summed E-state index contributed by atoms with van der Waals surface area (Å²) in [5, 5.41) is 3.89. The van der Waals surface area contributed by atoms with E-state index in [2.05, 4.69) is 5.32 Å². The molecule has 0 radical (unpaired) electrons. The molecule has 31 heavy (non-hydrogen) atoms. The number of fused-ring (bicyclic) bond motifs is 2. The van der Waals surface area contributed by atoms with Crippen LogP contribution < -0.4 is 10.9 Å². The van der Waals surface area contributed by atoms with Crippen LogP contribution in [-0.2, 0) is 17.4 Å². The zero-order valence-corrected chi connectivity index (χ0v) is 16.7. The molecule has 0 aliphatic heterocycles. The summed E-state index contributed by atoms with van der Waals surface area (Å²) in [7, 11) is 0. The van der Waals surface area contributed by atoms with Gasteiger partial charge in [0, 0.05) is 28.8 Å². The highest BCUT2D eigenvalue weighted by atomic mass is 19.4. The Morgan fingerprint density at radius 2 is 1.81 bits per heavy atom. The Balaban J connectivity index is 1.59. The number of para-hydroxylation sites is 1. The fraction of sp³-hybridized carbons (Fsp3) is 0.217. The lowest BCUT2D eigenvalue weighted by molar-refractivity contribution is -0.137. The number of hydrogen-bond donors (Lipinski definition) is 1. The van der Waals surface area contributed by atoms with Gasteiger partial charge in [0.05, 0.1) is 17.5 Å². The van der Waals surface area contributed by atoms with E-state index in [1.807, 2.05) is 13.0 Å². The Hall–Kier alpha value is -3.55. The standard InChI is InChI=1S/C23H18F3NO4/c1-12-11-30-19-10-20-16(9-15(12)19)13(2)14(22(29)31-20)7-8-21(28)27-18-6-4-3-5-17(18)23(24,25)26/h3-6,9-11H,7-8H2,1-2H3,(H,27,28). The van der Waals surface area contributed by atoms with Crippen LogP contribution in [-0.4, -0.2) is 5.91 Å². The van der Waals surface area contributed by atoms with Crippen molar-refractivity contribution in [2.24, 2.45) is 0 Å². The van der Waals surface area contributed by atoms with Crippen LogP contribution in [0.2, 0.25) is 0 Å². The van der Waals surface area contributed by atoms with Gasteiger partial charge in [-0.25, -0.2) is 4.79 Å². The van der Waals surface area contributed by atoms with Gasteiger partial charge in [0.15, 0.2) is 0 Å². The molecule has 0 aliphatic carbocycles. The number of hydrogen-bond acceptors (Lipinski definition) is 4. The molecule has 5 nitrogen and oxygen atoms in total. The van der Waals surface area contributed by atoms with E-state index in [4.69, 9.17) is 8.83 Å². The lowest BCUT2D eigenvalue weighted by Gasteiger charge is -2.13. The maximum absolute atomic E-state index is 13.1. The van der Waals surface area contributed by atoms with Gasteiger partial charge >= 0.3 is 11.8 Å². The Morgan fingerprint density at radius 1 is 1.06 bits per heavy atom. The lowest BCUT2D eigenvalue weighted by atomic mass is 10.0. The molecule has 0 saturated carbocycles. The summed E-state index contributed by atoms with van der Waals surface area (Å²) in [6.45, 7) is 3.66. The molecule has 160 valence electrons. The zero-order valence-electron chi connectivity index (χ0n) is 16.7. The summed E-state index contributed by atoms with van der Waals surface area (Å²) in [5.74, 6) is -0.628. The van der Waals surface area contributed by atoms with Gasteiger partial charge < -0.3 is 14.2 Å². The van der Waals surface area contributed by atoms with E-state index in [9.17, 15) is 22.8 Å². The van der Waals surface area contributed by atoms with Crippen molar-refractivity contribution in [1.29, 1.82) is 0 Å². The van der Waals surface area contributed by atoms with Crippen LogP contribution in [0.4, 0.5) is 18.9 Å². The minimum Gasteiger partial charge on any atom is -0.464 e. The molecule has 1 N–H and O–H groups in total. The fourth-order valence-corrected chi connectivity index (χ4v) is 3.62. The number of halogens is 3. The van der Waals surface area contributed by atoms with E-state index >= 15 is 0 Å². The highest BCUT2D eigenvalue weighted by Crippen LogP contribution is 2.34. The van der Waals surface area contributed by atoms with E-state index in [1.165, 1.54) is 18.2 Å². The molecule has 0 saturated heterocycles. The van der Waals surface area contributed by atoms with Crippen LogP contribution in [0, 0.1) is 13.8 Å². The average molecular weight is 429 g/mol. The van der Waals surface area contributed by atoms with E-state index < -0.39 is 23.3 Å². The van der Waals surface area contributed by atoms with E-state index in [0.29, 0.717) is 22.3 Å². The van der Waals surface area contributed by atoms with Crippen molar-refractivity contribution in [3.63, 3.8) is 0 Å². The molecule has 4 rings (SSSR count). The number of carbonyl (C=O) groups is 1. The molecule has 1 amide bonds. The lowest BCUT2D eigenvalue weighted by Crippen LogP contribution is -2.19. The van der Waals surface area contributed by atoms with Gasteiger partial charge in [-0.1, -0.05) is 12.1 Å². The number of anilines is 1. The normalized spacial score (nSPS) is 11.9. The quantitative estimate of drug-likeness (QED) is 0.420. The second-order valence-electron chi connectivity index (χ2n) is 7.35. The Labute approximate surface area is 174 Å². The van der Waals surface area contributed by atoms with Crippen molar-refractivity contribution in [2.45, 2.75) is 32.9 Å². The number of carbonyl (C=O) groups excluding carboxylic acids is 1. The first-order valence-corrected chi connectivity index (χ1v) is 9.55. The first kappa shape index (κ1) is 20.7. The van der Waals surface area contributed by atoms with Crippen molar-refractivity contribution in [2.75, 3.05) is 5.32 Å². The molecule has 4 aromatic rings. The predicted molar refractivity (Wildman–Crippen MR) is 110 cm³/mol. The average Bonchev–Trinajstić information content (AvgIpc) is 3.06. The summed E-state index contributed by atoms with van der Waals surface area (Å²) in [5.41, 5.74) is 1.05. The van der Waals surface area contributed by atoms with Crippen LogP contribution in [0.15, 0.2) is 56.3 Å². The highest BCUT2D eigenvalue weighted by molar-refractivity contribution is 5.96. The van der Waals surface area contributed by atoms with E-state index in [0.717, 1.165) is 22.4 Å². The van der Waals surface area contributed by atoms with Crippen LogP contribution >= 0.6 is 0 Å². The second-order valence-corrected chi connectivity index (χ2v) is 7.35. The molecule has 0 aliphatic rings. The number of alkyl halides is 3. The molecule has 2 heterocycles. The second kappa shape index (κ2) is 7.61. The molecule has 0 fully saturated rings. The van der Waals surface area contributed by atoms with Crippen LogP contribution in [0.25, 0.3) is 21.9 Å². The number of furan rings is 1. The summed E-state index contributed by atoms with van der Waals surface area (Å²) < 4.78 is 50.2. The van der Waals surface area contributed by atoms with E-state index in [-0.39, 0.29) is 18.5 Å². The SMILES string of the molecule is Cc1coc2cc3oc(=O)c(CCC(=O)Nc4ccccc4C(F)(F)F)c(C)c3cc12. The van der Waals surface area contributed by atoms with Gasteiger partial charge in [0.25, 0.3) is 0 Å². The van der Waals surface area contributed by atoms with Gasteiger partial charge in [-0.15, -0.1) is 0 Å². The molecule has 2 aromatic heterocycles. The Morgan fingerprint density at radius 3 is 2.55 bits per heavy atom. The predicted octanol–water partition coefficient (Wildman–Crippen LogP) is 5.75. The smallest absolute Gasteiger partial charge is 0.418 e. The number of benzene rings is 2. The van der Waals surface area contributed by atoms with Gasteiger partial charge in [-0.05, 0) is 49.6 Å². The zero-order chi connectivity index (χ0) is 22.3. The minimum absolute atomic E-state index is 0.0343. The third-order valence-electron chi connectivity index (χ3n) is 5.28. The molecule has 8 heteroatoms. The molecule has 0 spiro atoms. The van der Waals surface area contributed by atoms with Crippen molar-refractivity contribution in [1.82, 2.24) is 0 Å². The van der Waals surface area contributed by atoms with Crippen LogP contribution in [0.3, 0.4) is 0 Å². The van der Waals surface area contributed by atoms with Gasteiger partial charge in [0.1, 0.15) is 11.2 Å². The summed E-state index contributed by atoms with van der Waals surface area (Å²) in [6, 6.07) is 8.26. The maximum atomic E-state index is 13.1. The van der Waals surface area contributed by atoms with Crippen molar-refractivity contribution >= 4 is 33.5 Å². The van der Waals surface area contributed by atoms with Gasteiger partial charge in [-0.3, -0.25) is 4.79 Å². The summed E-state index contributed by atoms with van der Waals surface area (Å²) in [4.78, 5) is 24.8. The van der Waals surface area contributed by atoms with Gasteiger partial charge in [-0.2, -0.15) is 13.2 Å². The number of rotatable bonds is 4. The molecule has 0 atom stereocenters. The third kappa shape index (κ3) is 3.93. The Kier molecular flexibility index (Phi) is 5.08. The minimum atomic E-state index is -4.59. The monoisotopic (exact) mass is 429 g/mol. The largest absolute Gasteiger partial charge is 0.464 e. The highest BCUT2D eigenvalue weighted by Gasteiger charge is 2.33. The fourth-order valence-electron chi connectivity index (χ4n) is 3.62. The number of amides is 1. The first-order chi connectivity index (χ1) is 14.6. The number of aryl methyl sites for hydroxylation is 2. The molecular formula is C23H18F3NO4. The summed E-state index contributed by atoms with van der Waals surface area (Å²) in [6.07, 6.45) is -3.11. The van der Waals surface area contributed by atoms with Crippen molar-refractivity contribution < 1.29 is 26.8 Å². The number of nitrogens with one attached hydrogen (secondary N) is 1. The van der Waals surface area contributed by atoms with Gasteiger partial charge in [0.2, 0.25) is 5.91 Å². The van der Waals surface area contributed by atoms with Crippen LogP contribution in [0.1, 0.15) is 28.7 Å². The van der Waals surface area contributed by atoms with Crippen molar-refractivity contribution in [3.05, 3.63) is 75.3 Å². The van der Waals surface area contributed by atoms with Crippen molar-refractivity contribution in [3.8, 4) is 0 Å².